The molecule has 1 N–H and O–H groups in total. The Morgan fingerprint density at radius 1 is 1.43 bits per heavy atom. The first kappa shape index (κ1) is 16.6. The average molecular weight is 311 g/mol. The molecule has 1 unspecified atom stereocenters. The third-order valence-electron chi connectivity index (χ3n) is 3.92. The number of morpholine rings is 1. The van der Waals surface area contributed by atoms with Crippen molar-refractivity contribution in [1.29, 1.82) is 0 Å². The summed E-state index contributed by atoms with van der Waals surface area (Å²) >= 11 is 6.20. The summed E-state index contributed by atoms with van der Waals surface area (Å²) in [5.41, 5.74) is 2.58. The smallest absolute Gasteiger partial charge is 0.0670 e. The highest BCUT2D eigenvalue weighted by Gasteiger charge is 2.23. The molecule has 0 aromatic heterocycles. The van der Waals surface area contributed by atoms with Crippen molar-refractivity contribution in [2.45, 2.75) is 39.8 Å². The molecule has 1 heterocycles. The molecule has 0 bridgehead atoms. The number of hydrogen-bond donors (Lipinski definition) is 1. The van der Waals surface area contributed by atoms with Gasteiger partial charge in [-0.1, -0.05) is 32.4 Å². The Morgan fingerprint density at radius 3 is 2.95 bits per heavy atom. The monoisotopic (exact) mass is 310 g/mol. The lowest BCUT2D eigenvalue weighted by Gasteiger charge is -2.38. The Bertz CT molecular complexity index is 450. The molecular formula is C17H27ClN2O. The molecule has 4 heteroatoms. The van der Waals surface area contributed by atoms with Gasteiger partial charge in [-0.3, -0.25) is 0 Å². The number of nitrogens with zero attached hydrogens (tertiary/aromatic N) is 1. The molecule has 0 aliphatic carbocycles. The number of rotatable bonds is 6. The summed E-state index contributed by atoms with van der Waals surface area (Å²) in [6.07, 6.45) is 1.10. The minimum atomic E-state index is 0.462. The molecule has 0 spiro atoms. The summed E-state index contributed by atoms with van der Waals surface area (Å²) in [7, 11) is 0. The molecule has 1 aromatic rings. The standard InChI is InChI=1S/C17H27ClN2O/c1-4-16-12-21-8-7-20(16)17-6-5-15(18)9-14(17)11-19-10-13(2)3/h5-6,9,13,16,19H,4,7-8,10-12H2,1-3H3. The highest BCUT2D eigenvalue weighted by atomic mass is 35.5. The Kier molecular flexibility index (Phi) is 6.34. The topological polar surface area (TPSA) is 24.5 Å². The Hall–Kier alpha value is -0.770. The fourth-order valence-electron chi connectivity index (χ4n) is 2.78. The van der Waals surface area contributed by atoms with Crippen LogP contribution in [0.3, 0.4) is 0 Å². The predicted molar refractivity (Wildman–Crippen MR) is 90.2 cm³/mol. The molecule has 118 valence electrons. The first-order chi connectivity index (χ1) is 10.1. The number of anilines is 1. The average Bonchev–Trinajstić information content (AvgIpc) is 2.47. The maximum atomic E-state index is 6.20. The molecule has 0 amide bonds. The van der Waals surface area contributed by atoms with Crippen molar-refractivity contribution in [1.82, 2.24) is 5.32 Å². The minimum Gasteiger partial charge on any atom is -0.377 e. The fourth-order valence-corrected chi connectivity index (χ4v) is 2.98. The number of nitrogens with one attached hydrogen (secondary N) is 1. The zero-order valence-corrected chi connectivity index (χ0v) is 14.1. The van der Waals surface area contributed by atoms with Gasteiger partial charge in [0.2, 0.25) is 0 Å². The van der Waals surface area contributed by atoms with Gasteiger partial charge < -0.3 is 15.0 Å². The van der Waals surface area contributed by atoms with Crippen molar-refractivity contribution in [2.24, 2.45) is 5.92 Å². The van der Waals surface area contributed by atoms with E-state index in [1.807, 2.05) is 6.07 Å². The molecule has 0 radical (unpaired) electrons. The van der Waals surface area contributed by atoms with Gasteiger partial charge in [0.25, 0.3) is 0 Å². The normalized spacial score (nSPS) is 19.3. The Balaban J connectivity index is 2.16. The van der Waals surface area contributed by atoms with Crippen molar-refractivity contribution in [3.63, 3.8) is 0 Å². The molecule has 1 saturated heterocycles. The van der Waals surface area contributed by atoms with Gasteiger partial charge >= 0.3 is 0 Å². The molecular weight excluding hydrogens is 284 g/mol. The van der Waals surface area contributed by atoms with Gasteiger partial charge in [0.15, 0.2) is 0 Å². The van der Waals surface area contributed by atoms with Crippen LogP contribution in [0.15, 0.2) is 18.2 Å². The van der Waals surface area contributed by atoms with E-state index in [2.05, 4.69) is 43.1 Å². The van der Waals surface area contributed by atoms with E-state index in [1.165, 1.54) is 11.3 Å². The van der Waals surface area contributed by atoms with Crippen molar-refractivity contribution < 1.29 is 4.74 Å². The van der Waals surface area contributed by atoms with Crippen LogP contribution >= 0.6 is 11.6 Å². The maximum absolute atomic E-state index is 6.20. The van der Waals surface area contributed by atoms with Crippen LogP contribution in [0.1, 0.15) is 32.8 Å². The van der Waals surface area contributed by atoms with Crippen LogP contribution in [0.25, 0.3) is 0 Å². The lowest BCUT2D eigenvalue weighted by atomic mass is 10.1. The van der Waals surface area contributed by atoms with Gasteiger partial charge in [0, 0.05) is 23.8 Å². The second-order valence-electron chi connectivity index (χ2n) is 6.13. The van der Waals surface area contributed by atoms with Gasteiger partial charge in [-0.2, -0.15) is 0 Å². The summed E-state index contributed by atoms with van der Waals surface area (Å²) in [6, 6.07) is 6.70. The van der Waals surface area contributed by atoms with Gasteiger partial charge in [-0.15, -0.1) is 0 Å². The molecule has 1 atom stereocenters. The first-order valence-electron chi connectivity index (χ1n) is 7.95. The number of hydrogen-bond acceptors (Lipinski definition) is 3. The van der Waals surface area contributed by atoms with Crippen molar-refractivity contribution in [3.05, 3.63) is 28.8 Å². The van der Waals surface area contributed by atoms with Gasteiger partial charge in [0.1, 0.15) is 0 Å². The van der Waals surface area contributed by atoms with E-state index in [0.29, 0.717) is 12.0 Å². The molecule has 1 aliphatic heterocycles. The minimum absolute atomic E-state index is 0.462. The number of halogens is 1. The van der Waals surface area contributed by atoms with Crippen LogP contribution in [0, 0.1) is 5.92 Å². The van der Waals surface area contributed by atoms with E-state index in [-0.39, 0.29) is 0 Å². The summed E-state index contributed by atoms with van der Waals surface area (Å²) in [6.45, 7) is 11.1. The van der Waals surface area contributed by atoms with Crippen LogP contribution in [0.4, 0.5) is 5.69 Å². The molecule has 21 heavy (non-hydrogen) atoms. The summed E-state index contributed by atoms with van der Waals surface area (Å²) in [5.74, 6) is 0.652. The van der Waals surface area contributed by atoms with E-state index in [4.69, 9.17) is 16.3 Å². The Morgan fingerprint density at radius 2 is 2.24 bits per heavy atom. The fraction of sp³-hybridized carbons (Fsp3) is 0.647. The van der Waals surface area contributed by atoms with Crippen LogP contribution < -0.4 is 10.2 Å². The lowest BCUT2D eigenvalue weighted by molar-refractivity contribution is 0.0929. The molecule has 0 saturated carbocycles. The van der Waals surface area contributed by atoms with Crippen LogP contribution in [0.2, 0.25) is 5.02 Å². The second kappa shape index (κ2) is 8.02. The molecule has 2 rings (SSSR count). The summed E-state index contributed by atoms with van der Waals surface area (Å²) < 4.78 is 5.62. The van der Waals surface area contributed by atoms with E-state index in [1.54, 1.807) is 0 Å². The van der Waals surface area contributed by atoms with Crippen LogP contribution in [-0.2, 0) is 11.3 Å². The summed E-state index contributed by atoms with van der Waals surface area (Å²) in [5, 5.41) is 4.33. The van der Waals surface area contributed by atoms with Crippen LogP contribution in [0.5, 0.6) is 0 Å². The lowest BCUT2D eigenvalue weighted by Crippen LogP contribution is -2.45. The SMILES string of the molecule is CCC1COCCN1c1ccc(Cl)cc1CNCC(C)C. The zero-order chi connectivity index (χ0) is 15.2. The molecule has 1 aromatic carbocycles. The third-order valence-corrected chi connectivity index (χ3v) is 4.15. The maximum Gasteiger partial charge on any atom is 0.0670 e. The first-order valence-corrected chi connectivity index (χ1v) is 8.33. The van der Waals surface area contributed by atoms with Crippen molar-refractivity contribution in [2.75, 3.05) is 31.2 Å². The van der Waals surface area contributed by atoms with E-state index in [0.717, 1.165) is 44.3 Å². The summed E-state index contributed by atoms with van der Waals surface area (Å²) in [4.78, 5) is 2.48. The Labute approximate surface area is 133 Å². The molecule has 1 aliphatic rings. The van der Waals surface area contributed by atoms with Crippen molar-refractivity contribution >= 4 is 17.3 Å². The van der Waals surface area contributed by atoms with Crippen LogP contribution in [-0.4, -0.2) is 32.3 Å². The van der Waals surface area contributed by atoms with Gasteiger partial charge in [0.05, 0.1) is 19.3 Å². The predicted octanol–water partition coefficient (Wildman–Crippen LogP) is 3.70. The number of ether oxygens (including phenoxy) is 1. The quantitative estimate of drug-likeness (QED) is 0.867. The molecule has 3 nitrogen and oxygen atoms in total. The zero-order valence-electron chi connectivity index (χ0n) is 13.4. The highest BCUT2D eigenvalue weighted by molar-refractivity contribution is 6.30. The third kappa shape index (κ3) is 4.60. The van der Waals surface area contributed by atoms with E-state index in [9.17, 15) is 0 Å². The van der Waals surface area contributed by atoms with Gasteiger partial charge in [-0.25, -0.2) is 0 Å². The molecule has 1 fully saturated rings. The van der Waals surface area contributed by atoms with E-state index < -0.39 is 0 Å². The van der Waals surface area contributed by atoms with Crippen molar-refractivity contribution in [3.8, 4) is 0 Å². The highest BCUT2D eigenvalue weighted by Crippen LogP contribution is 2.28. The number of benzene rings is 1. The van der Waals surface area contributed by atoms with Gasteiger partial charge in [-0.05, 0) is 42.6 Å². The second-order valence-corrected chi connectivity index (χ2v) is 6.56. The van der Waals surface area contributed by atoms with E-state index >= 15 is 0 Å². The largest absolute Gasteiger partial charge is 0.377 e.